The van der Waals surface area contributed by atoms with Gasteiger partial charge in [0.05, 0.1) is 5.52 Å². The molecule has 0 N–H and O–H groups in total. The number of rotatable bonds is 2. The molecule has 1 nitrogen and oxygen atoms in total. The van der Waals surface area contributed by atoms with Crippen LogP contribution in [0.5, 0.6) is 0 Å². The Labute approximate surface area is 85.0 Å². The summed E-state index contributed by atoms with van der Waals surface area (Å²) in [5, 5.41) is 0.857. The highest BCUT2D eigenvalue weighted by molar-refractivity contribution is 6.57. The minimum absolute atomic E-state index is 0.0844. The molecule has 0 atom stereocenters. The van der Waals surface area contributed by atoms with Crippen molar-refractivity contribution in [2.24, 2.45) is 0 Å². The van der Waals surface area contributed by atoms with E-state index < -0.39 is 13.3 Å². The largest absolute Gasteiger partial charge is 0.484 e. The summed E-state index contributed by atoms with van der Waals surface area (Å²) in [4.78, 5) is 3.96. The molecule has 0 fully saturated rings. The first kappa shape index (κ1) is 10.0. The van der Waals surface area contributed by atoms with Gasteiger partial charge in [0, 0.05) is 11.1 Å². The van der Waals surface area contributed by atoms with Gasteiger partial charge in [-0.2, -0.15) is 0 Å². The molecular formula is C10H8BF3N-. The number of nitrogens with zero attached hydrogens (tertiary/aromatic N) is 1. The van der Waals surface area contributed by atoms with Crippen molar-refractivity contribution in [1.82, 2.24) is 4.98 Å². The second kappa shape index (κ2) is 3.57. The fraction of sp³-hybridized carbons (Fsp3) is 0.100. The molecule has 0 radical (unpaired) electrons. The maximum atomic E-state index is 12.2. The summed E-state index contributed by atoms with van der Waals surface area (Å²) < 4.78 is 36.5. The lowest BCUT2D eigenvalue weighted by Crippen LogP contribution is -2.20. The van der Waals surface area contributed by atoms with Gasteiger partial charge in [-0.1, -0.05) is 24.3 Å². The summed E-state index contributed by atoms with van der Waals surface area (Å²) in [6.07, 6.45) is -0.912. The van der Waals surface area contributed by atoms with E-state index in [0.29, 0.717) is 5.52 Å². The van der Waals surface area contributed by atoms with Gasteiger partial charge in [0.2, 0.25) is 0 Å². The zero-order valence-electron chi connectivity index (χ0n) is 7.83. The van der Waals surface area contributed by atoms with Crippen LogP contribution in [0.3, 0.4) is 0 Å². The zero-order valence-corrected chi connectivity index (χ0v) is 7.83. The number of hydrogen-bond donors (Lipinski definition) is 0. The molecule has 2 rings (SSSR count). The van der Waals surface area contributed by atoms with Gasteiger partial charge in [0.25, 0.3) is 0 Å². The molecule has 0 amide bonds. The zero-order chi connectivity index (χ0) is 10.9. The Balaban J connectivity index is 2.39. The summed E-state index contributed by atoms with van der Waals surface area (Å²) in [5.74, 6) is 0. The summed E-state index contributed by atoms with van der Waals surface area (Å²) in [6, 6.07) is 10.2. The molecule has 0 saturated carbocycles. The van der Waals surface area contributed by atoms with E-state index in [2.05, 4.69) is 4.98 Å². The Kier molecular flexibility index (Phi) is 2.38. The molecule has 0 bridgehead atoms. The summed E-state index contributed by atoms with van der Waals surface area (Å²) in [5.41, 5.74) is 0.691. The predicted molar refractivity (Wildman–Crippen MR) is 54.5 cm³/mol. The topological polar surface area (TPSA) is 12.9 Å². The first-order chi connectivity index (χ1) is 7.04. The van der Waals surface area contributed by atoms with Crippen LogP contribution in [0.25, 0.3) is 10.9 Å². The van der Waals surface area contributed by atoms with Crippen LogP contribution in [-0.4, -0.2) is 12.0 Å². The number of pyridine rings is 1. The number of aromatic nitrogens is 1. The first-order valence-electron chi connectivity index (χ1n) is 4.60. The van der Waals surface area contributed by atoms with Gasteiger partial charge < -0.3 is 12.9 Å². The quantitative estimate of drug-likeness (QED) is 0.693. The van der Waals surface area contributed by atoms with E-state index in [-0.39, 0.29) is 5.69 Å². The Morgan fingerprint density at radius 2 is 1.73 bits per heavy atom. The van der Waals surface area contributed by atoms with Crippen molar-refractivity contribution in [3.8, 4) is 0 Å². The van der Waals surface area contributed by atoms with E-state index in [1.165, 1.54) is 6.07 Å². The van der Waals surface area contributed by atoms with Crippen molar-refractivity contribution in [1.29, 1.82) is 0 Å². The molecule has 0 aliphatic heterocycles. The van der Waals surface area contributed by atoms with Gasteiger partial charge in [-0.25, -0.2) is 0 Å². The molecule has 1 aromatic heterocycles. The third kappa shape index (κ3) is 2.49. The minimum Gasteiger partial charge on any atom is -0.449 e. The molecule has 0 spiro atoms. The van der Waals surface area contributed by atoms with Gasteiger partial charge in [0.1, 0.15) is 0 Å². The van der Waals surface area contributed by atoms with Crippen molar-refractivity contribution in [2.75, 3.05) is 0 Å². The lowest BCUT2D eigenvalue weighted by molar-refractivity contribution is 0.467. The lowest BCUT2D eigenvalue weighted by Gasteiger charge is -2.12. The third-order valence-electron chi connectivity index (χ3n) is 2.10. The number of benzene rings is 1. The molecule has 2 aromatic rings. The van der Waals surface area contributed by atoms with Crippen molar-refractivity contribution in [3.63, 3.8) is 0 Å². The average Bonchev–Trinajstić information content (AvgIpc) is 2.15. The molecule has 1 aromatic carbocycles. The third-order valence-corrected chi connectivity index (χ3v) is 2.10. The highest BCUT2D eigenvalue weighted by atomic mass is 19.4. The van der Waals surface area contributed by atoms with E-state index in [1.54, 1.807) is 18.2 Å². The van der Waals surface area contributed by atoms with Crippen LogP contribution in [-0.2, 0) is 6.32 Å². The summed E-state index contributed by atoms with van der Waals surface area (Å²) >= 11 is 0. The van der Waals surface area contributed by atoms with Gasteiger partial charge in [0.15, 0.2) is 0 Å². The second-order valence-corrected chi connectivity index (χ2v) is 3.41. The smallest absolute Gasteiger partial charge is 0.449 e. The van der Waals surface area contributed by atoms with Crippen LogP contribution >= 0.6 is 0 Å². The molecule has 0 aliphatic carbocycles. The van der Waals surface area contributed by atoms with Gasteiger partial charge >= 0.3 is 6.98 Å². The average molecular weight is 210 g/mol. The van der Waals surface area contributed by atoms with E-state index in [0.717, 1.165) is 5.39 Å². The Bertz CT molecular complexity index is 481. The Morgan fingerprint density at radius 1 is 1.00 bits per heavy atom. The molecule has 0 unspecified atom stereocenters. The van der Waals surface area contributed by atoms with Crippen molar-refractivity contribution < 1.29 is 12.9 Å². The fourth-order valence-corrected chi connectivity index (χ4v) is 1.46. The first-order valence-corrected chi connectivity index (χ1v) is 4.60. The highest BCUT2D eigenvalue weighted by Gasteiger charge is 2.23. The predicted octanol–water partition coefficient (Wildman–Crippen LogP) is 3.16. The fourth-order valence-electron chi connectivity index (χ4n) is 1.46. The monoisotopic (exact) mass is 210 g/mol. The molecule has 5 heteroatoms. The van der Waals surface area contributed by atoms with E-state index in [4.69, 9.17) is 0 Å². The summed E-state index contributed by atoms with van der Waals surface area (Å²) in [6.45, 7) is -4.81. The molecule has 1 heterocycles. The van der Waals surface area contributed by atoms with Crippen LogP contribution in [0, 0.1) is 0 Å². The lowest BCUT2D eigenvalue weighted by atomic mass is 9.84. The Hall–Kier alpha value is -1.52. The Morgan fingerprint density at radius 3 is 2.47 bits per heavy atom. The molecule has 0 aliphatic rings. The molecule has 15 heavy (non-hydrogen) atoms. The molecule has 78 valence electrons. The van der Waals surface area contributed by atoms with Gasteiger partial charge in [-0.05, 0) is 18.5 Å². The maximum absolute atomic E-state index is 12.2. The number of fused-ring (bicyclic) bond motifs is 1. The van der Waals surface area contributed by atoms with E-state index in [1.807, 2.05) is 12.1 Å². The van der Waals surface area contributed by atoms with Crippen molar-refractivity contribution in [3.05, 3.63) is 42.1 Å². The number of hydrogen-bond acceptors (Lipinski definition) is 1. The minimum atomic E-state index is -4.81. The molecular weight excluding hydrogens is 202 g/mol. The standard InChI is InChI=1S/C10H8BF3N/c12-11(13,14)7-9-6-5-8-3-1-2-4-10(8)15-9/h1-6H,7H2/q-1. The number of para-hydroxylation sites is 1. The second-order valence-electron chi connectivity index (χ2n) is 3.41. The normalized spacial score (nSPS) is 11.9. The maximum Gasteiger partial charge on any atom is 0.484 e. The van der Waals surface area contributed by atoms with Crippen LogP contribution in [0.1, 0.15) is 5.69 Å². The van der Waals surface area contributed by atoms with Crippen LogP contribution in [0.4, 0.5) is 12.9 Å². The van der Waals surface area contributed by atoms with E-state index >= 15 is 0 Å². The number of halogens is 3. The highest BCUT2D eigenvalue weighted by Crippen LogP contribution is 2.17. The SMILES string of the molecule is F[B-](F)(F)Cc1ccc2ccccc2n1. The summed E-state index contributed by atoms with van der Waals surface area (Å²) in [7, 11) is 0. The van der Waals surface area contributed by atoms with Crippen LogP contribution in [0.15, 0.2) is 36.4 Å². The van der Waals surface area contributed by atoms with Crippen LogP contribution < -0.4 is 0 Å². The van der Waals surface area contributed by atoms with Crippen molar-refractivity contribution >= 4 is 17.9 Å². The van der Waals surface area contributed by atoms with Crippen molar-refractivity contribution in [2.45, 2.75) is 6.32 Å². The van der Waals surface area contributed by atoms with E-state index in [9.17, 15) is 12.9 Å². The molecule has 0 saturated heterocycles. The van der Waals surface area contributed by atoms with Gasteiger partial charge in [-0.3, -0.25) is 4.98 Å². The van der Waals surface area contributed by atoms with Crippen LogP contribution in [0.2, 0.25) is 0 Å². The van der Waals surface area contributed by atoms with Gasteiger partial charge in [-0.15, -0.1) is 0 Å².